The molecule has 21 heavy (non-hydrogen) atoms. The van der Waals surface area contributed by atoms with Gasteiger partial charge in [-0.15, -0.1) is 0 Å². The Balaban J connectivity index is 1.57. The van der Waals surface area contributed by atoms with Gasteiger partial charge in [0.05, 0.1) is 18.3 Å². The SMILES string of the molecule is Nc1ccc2cnn(CCc3ccc4c(c3)CCO4)c2c1. The molecule has 106 valence electrons. The summed E-state index contributed by atoms with van der Waals surface area (Å²) in [7, 11) is 0. The topological polar surface area (TPSA) is 53.1 Å². The molecule has 2 aromatic carbocycles. The number of aromatic nitrogens is 2. The molecule has 1 aliphatic heterocycles. The predicted molar refractivity (Wildman–Crippen MR) is 83.5 cm³/mol. The number of nitrogens with zero attached hydrogens (tertiary/aromatic N) is 2. The minimum Gasteiger partial charge on any atom is -0.493 e. The largest absolute Gasteiger partial charge is 0.493 e. The summed E-state index contributed by atoms with van der Waals surface area (Å²) in [4.78, 5) is 0. The molecule has 1 aromatic heterocycles. The number of hydrogen-bond acceptors (Lipinski definition) is 3. The Labute approximate surface area is 123 Å². The number of aryl methyl sites for hydroxylation is 2. The molecule has 0 aliphatic carbocycles. The third-order valence-corrected chi connectivity index (χ3v) is 4.03. The van der Waals surface area contributed by atoms with Crippen LogP contribution in [0.3, 0.4) is 0 Å². The summed E-state index contributed by atoms with van der Waals surface area (Å²) < 4.78 is 7.57. The van der Waals surface area contributed by atoms with Crippen LogP contribution in [-0.2, 0) is 19.4 Å². The minimum absolute atomic E-state index is 0.777. The maximum Gasteiger partial charge on any atom is 0.122 e. The van der Waals surface area contributed by atoms with E-state index in [1.165, 1.54) is 11.1 Å². The smallest absolute Gasteiger partial charge is 0.122 e. The van der Waals surface area contributed by atoms with Crippen LogP contribution in [0.4, 0.5) is 5.69 Å². The number of fused-ring (bicyclic) bond motifs is 2. The summed E-state index contributed by atoms with van der Waals surface area (Å²) >= 11 is 0. The normalized spacial score (nSPS) is 13.3. The molecule has 0 amide bonds. The van der Waals surface area contributed by atoms with E-state index >= 15 is 0 Å². The molecular formula is C17H17N3O. The molecule has 2 heterocycles. The second-order valence-corrected chi connectivity index (χ2v) is 5.48. The van der Waals surface area contributed by atoms with Crippen molar-refractivity contribution in [2.24, 2.45) is 0 Å². The molecule has 0 radical (unpaired) electrons. The van der Waals surface area contributed by atoms with Gasteiger partial charge in [-0.25, -0.2) is 0 Å². The van der Waals surface area contributed by atoms with E-state index in [1.54, 1.807) is 0 Å². The number of benzene rings is 2. The number of rotatable bonds is 3. The van der Waals surface area contributed by atoms with Crippen LogP contribution in [0.2, 0.25) is 0 Å². The maximum absolute atomic E-state index is 5.87. The number of nitrogens with two attached hydrogens (primary N) is 1. The van der Waals surface area contributed by atoms with Crippen molar-refractivity contribution in [3.05, 3.63) is 53.7 Å². The molecule has 4 nitrogen and oxygen atoms in total. The van der Waals surface area contributed by atoms with Gasteiger partial charge in [-0.05, 0) is 41.8 Å². The lowest BCUT2D eigenvalue weighted by atomic mass is 10.1. The van der Waals surface area contributed by atoms with Gasteiger partial charge in [-0.2, -0.15) is 5.10 Å². The first-order chi connectivity index (χ1) is 10.3. The van der Waals surface area contributed by atoms with Crippen molar-refractivity contribution in [1.29, 1.82) is 0 Å². The van der Waals surface area contributed by atoms with Gasteiger partial charge < -0.3 is 10.5 Å². The van der Waals surface area contributed by atoms with Gasteiger partial charge in [-0.1, -0.05) is 12.1 Å². The van der Waals surface area contributed by atoms with Crippen LogP contribution >= 0.6 is 0 Å². The Morgan fingerprint density at radius 3 is 3.10 bits per heavy atom. The van der Waals surface area contributed by atoms with Crippen molar-refractivity contribution in [2.75, 3.05) is 12.3 Å². The van der Waals surface area contributed by atoms with Crippen LogP contribution in [-0.4, -0.2) is 16.4 Å². The first-order valence-electron chi connectivity index (χ1n) is 7.25. The summed E-state index contributed by atoms with van der Waals surface area (Å²) in [5.74, 6) is 1.04. The second kappa shape index (κ2) is 4.81. The third-order valence-electron chi connectivity index (χ3n) is 4.03. The highest BCUT2D eigenvalue weighted by Gasteiger charge is 2.12. The van der Waals surface area contributed by atoms with Crippen molar-refractivity contribution in [3.63, 3.8) is 0 Å². The highest BCUT2D eigenvalue weighted by molar-refractivity contribution is 5.81. The Morgan fingerprint density at radius 2 is 2.14 bits per heavy atom. The minimum atomic E-state index is 0.777. The number of hydrogen-bond donors (Lipinski definition) is 1. The summed E-state index contributed by atoms with van der Waals surface area (Å²) in [5, 5.41) is 5.59. The van der Waals surface area contributed by atoms with Gasteiger partial charge in [0.2, 0.25) is 0 Å². The van der Waals surface area contributed by atoms with E-state index in [9.17, 15) is 0 Å². The molecule has 1 aliphatic rings. The Morgan fingerprint density at radius 1 is 1.19 bits per heavy atom. The lowest BCUT2D eigenvalue weighted by Crippen LogP contribution is -2.03. The number of nitrogen functional groups attached to an aromatic ring is 1. The molecule has 4 heteroatoms. The molecule has 4 rings (SSSR count). The van der Waals surface area contributed by atoms with Crippen LogP contribution in [0.1, 0.15) is 11.1 Å². The van der Waals surface area contributed by atoms with Crippen molar-refractivity contribution >= 4 is 16.6 Å². The molecule has 0 bridgehead atoms. The summed E-state index contributed by atoms with van der Waals surface area (Å²) in [6.07, 6.45) is 3.87. The van der Waals surface area contributed by atoms with Gasteiger partial charge >= 0.3 is 0 Å². The molecule has 0 atom stereocenters. The Bertz CT molecular complexity index is 807. The van der Waals surface area contributed by atoms with Crippen molar-refractivity contribution in [1.82, 2.24) is 9.78 Å². The molecule has 0 saturated heterocycles. The van der Waals surface area contributed by atoms with E-state index < -0.39 is 0 Å². The van der Waals surface area contributed by atoms with Gasteiger partial charge in [0.1, 0.15) is 5.75 Å². The molecule has 0 saturated carbocycles. The highest BCUT2D eigenvalue weighted by Crippen LogP contribution is 2.26. The molecular weight excluding hydrogens is 262 g/mol. The monoisotopic (exact) mass is 279 g/mol. The van der Waals surface area contributed by atoms with E-state index in [4.69, 9.17) is 10.5 Å². The van der Waals surface area contributed by atoms with Crippen LogP contribution in [0.5, 0.6) is 5.75 Å². The molecule has 3 aromatic rings. The molecule has 0 spiro atoms. The third kappa shape index (κ3) is 2.23. The first-order valence-corrected chi connectivity index (χ1v) is 7.25. The fraction of sp³-hybridized carbons (Fsp3) is 0.235. The van der Waals surface area contributed by atoms with Gasteiger partial charge in [0.25, 0.3) is 0 Å². The Hall–Kier alpha value is -2.49. The van der Waals surface area contributed by atoms with Crippen molar-refractivity contribution in [3.8, 4) is 5.75 Å². The zero-order valence-electron chi connectivity index (χ0n) is 11.7. The van der Waals surface area contributed by atoms with Crippen LogP contribution in [0.25, 0.3) is 10.9 Å². The average molecular weight is 279 g/mol. The fourth-order valence-corrected chi connectivity index (χ4v) is 2.90. The zero-order valence-corrected chi connectivity index (χ0v) is 11.7. The molecule has 0 unspecified atom stereocenters. The van der Waals surface area contributed by atoms with Crippen LogP contribution in [0.15, 0.2) is 42.6 Å². The lowest BCUT2D eigenvalue weighted by Gasteiger charge is -2.06. The fourth-order valence-electron chi connectivity index (χ4n) is 2.90. The zero-order chi connectivity index (χ0) is 14.2. The maximum atomic E-state index is 5.87. The number of anilines is 1. The molecule has 2 N–H and O–H groups in total. The van der Waals surface area contributed by atoms with E-state index in [0.717, 1.165) is 48.3 Å². The van der Waals surface area contributed by atoms with Crippen LogP contribution < -0.4 is 10.5 Å². The number of ether oxygens (including phenoxy) is 1. The summed E-state index contributed by atoms with van der Waals surface area (Å²) in [5.41, 5.74) is 10.4. The van der Waals surface area contributed by atoms with E-state index in [1.807, 2.05) is 29.1 Å². The Kier molecular flexibility index (Phi) is 2.81. The van der Waals surface area contributed by atoms with Crippen LogP contribution in [0, 0.1) is 0 Å². The van der Waals surface area contributed by atoms with E-state index in [0.29, 0.717) is 0 Å². The lowest BCUT2D eigenvalue weighted by molar-refractivity contribution is 0.357. The predicted octanol–water partition coefficient (Wildman–Crippen LogP) is 2.80. The standard InChI is InChI=1S/C17H17N3O/c18-15-3-2-14-11-19-20(16(14)10-15)7-5-12-1-4-17-13(9-12)6-8-21-17/h1-4,9-11H,5-8,18H2. The quantitative estimate of drug-likeness (QED) is 0.750. The van der Waals surface area contributed by atoms with Crippen molar-refractivity contribution in [2.45, 2.75) is 19.4 Å². The van der Waals surface area contributed by atoms with Gasteiger partial charge in [-0.3, -0.25) is 4.68 Å². The molecule has 0 fully saturated rings. The summed E-state index contributed by atoms with van der Waals surface area (Å²) in [6, 6.07) is 12.4. The van der Waals surface area contributed by atoms with Gasteiger partial charge in [0, 0.05) is 24.0 Å². The second-order valence-electron chi connectivity index (χ2n) is 5.48. The highest BCUT2D eigenvalue weighted by atomic mass is 16.5. The van der Waals surface area contributed by atoms with E-state index in [2.05, 4.69) is 23.3 Å². The first kappa shape index (κ1) is 12.3. The van der Waals surface area contributed by atoms with E-state index in [-0.39, 0.29) is 0 Å². The van der Waals surface area contributed by atoms with Gasteiger partial charge in [0.15, 0.2) is 0 Å². The average Bonchev–Trinajstić information content (AvgIpc) is 3.10. The van der Waals surface area contributed by atoms with Crippen molar-refractivity contribution < 1.29 is 4.74 Å². The summed E-state index contributed by atoms with van der Waals surface area (Å²) in [6.45, 7) is 1.66.